The molecule has 17 heavy (non-hydrogen) atoms. The van der Waals surface area contributed by atoms with Crippen molar-refractivity contribution in [2.45, 2.75) is 19.6 Å². The van der Waals surface area contributed by atoms with Gasteiger partial charge < -0.3 is 14.4 Å². The molecule has 0 radical (unpaired) electrons. The number of nitrogens with zero attached hydrogens (tertiary/aromatic N) is 2. The second-order valence-electron chi connectivity index (χ2n) is 3.42. The Balaban J connectivity index is 2.08. The van der Waals surface area contributed by atoms with Crippen molar-refractivity contribution in [3.05, 3.63) is 41.0 Å². The minimum Gasteiger partial charge on any atom is -0.481 e. The lowest BCUT2D eigenvalue weighted by Gasteiger charge is -2.10. The summed E-state index contributed by atoms with van der Waals surface area (Å²) in [4.78, 5) is 3.96. The molecule has 0 aliphatic heterocycles. The molecule has 0 amide bonds. The molecule has 5 nitrogen and oxygen atoms in total. The van der Waals surface area contributed by atoms with E-state index in [1.165, 1.54) is 0 Å². The summed E-state index contributed by atoms with van der Waals surface area (Å²) in [6.45, 7) is 1.52. The SMILES string of the molecule is CC(Oc1cccc(Cl)c1)c1nc(CO)no1. The fraction of sp³-hybridized carbons (Fsp3) is 0.273. The normalized spacial score (nSPS) is 12.4. The average molecular weight is 255 g/mol. The lowest BCUT2D eigenvalue weighted by Crippen LogP contribution is -2.03. The van der Waals surface area contributed by atoms with E-state index in [1.54, 1.807) is 31.2 Å². The molecule has 1 N–H and O–H groups in total. The van der Waals surface area contributed by atoms with Gasteiger partial charge in [0.25, 0.3) is 5.89 Å². The molecule has 1 atom stereocenters. The highest BCUT2D eigenvalue weighted by Gasteiger charge is 2.15. The van der Waals surface area contributed by atoms with Gasteiger partial charge in [0.05, 0.1) is 0 Å². The van der Waals surface area contributed by atoms with E-state index in [1.807, 2.05) is 0 Å². The molecule has 0 bridgehead atoms. The molecule has 0 fully saturated rings. The number of aliphatic hydroxyl groups excluding tert-OH is 1. The van der Waals surface area contributed by atoms with E-state index in [9.17, 15) is 0 Å². The fourth-order valence-electron chi connectivity index (χ4n) is 1.29. The van der Waals surface area contributed by atoms with Gasteiger partial charge in [-0.25, -0.2) is 0 Å². The topological polar surface area (TPSA) is 68.4 Å². The van der Waals surface area contributed by atoms with Gasteiger partial charge in [0.1, 0.15) is 12.4 Å². The van der Waals surface area contributed by atoms with Crippen molar-refractivity contribution < 1.29 is 14.4 Å². The Hall–Kier alpha value is -1.59. The van der Waals surface area contributed by atoms with E-state index in [-0.39, 0.29) is 12.4 Å². The summed E-state index contributed by atoms with van der Waals surface area (Å²) in [5.41, 5.74) is 0. The number of benzene rings is 1. The van der Waals surface area contributed by atoms with E-state index in [0.29, 0.717) is 16.7 Å². The maximum atomic E-state index is 8.82. The van der Waals surface area contributed by atoms with Crippen molar-refractivity contribution in [1.82, 2.24) is 10.1 Å². The van der Waals surface area contributed by atoms with Crippen molar-refractivity contribution in [3.8, 4) is 5.75 Å². The summed E-state index contributed by atoms with van der Waals surface area (Å²) >= 11 is 5.84. The van der Waals surface area contributed by atoms with Crippen LogP contribution >= 0.6 is 11.6 Å². The Morgan fingerprint density at radius 3 is 3.00 bits per heavy atom. The predicted molar refractivity (Wildman–Crippen MR) is 60.7 cm³/mol. The summed E-state index contributed by atoms with van der Waals surface area (Å²) in [6.07, 6.45) is -0.402. The summed E-state index contributed by atoms with van der Waals surface area (Å²) in [6, 6.07) is 7.03. The second kappa shape index (κ2) is 5.16. The second-order valence-corrected chi connectivity index (χ2v) is 3.86. The first-order valence-electron chi connectivity index (χ1n) is 5.04. The quantitative estimate of drug-likeness (QED) is 0.907. The molecular weight excluding hydrogens is 244 g/mol. The van der Waals surface area contributed by atoms with Gasteiger partial charge in [-0.15, -0.1) is 0 Å². The third kappa shape index (κ3) is 2.95. The van der Waals surface area contributed by atoms with Crippen LogP contribution in [0, 0.1) is 0 Å². The third-order valence-electron chi connectivity index (χ3n) is 2.08. The van der Waals surface area contributed by atoms with Gasteiger partial charge in [-0.3, -0.25) is 0 Å². The van der Waals surface area contributed by atoms with Crippen molar-refractivity contribution >= 4 is 11.6 Å². The Morgan fingerprint density at radius 1 is 1.53 bits per heavy atom. The number of halogens is 1. The summed E-state index contributed by atoms with van der Waals surface area (Å²) in [5.74, 6) is 1.17. The number of hydrogen-bond acceptors (Lipinski definition) is 5. The highest BCUT2D eigenvalue weighted by Crippen LogP contribution is 2.23. The van der Waals surface area contributed by atoms with Crippen LogP contribution in [0.2, 0.25) is 5.02 Å². The lowest BCUT2D eigenvalue weighted by molar-refractivity contribution is 0.175. The van der Waals surface area contributed by atoms with Gasteiger partial charge in [0.15, 0.2) is 11.9 Å². The van der Waals surface area contributed by atoms with Crippen LogP contribution in [0.4, 0.5) is 0 Å². The summed E-state index contributed by atoms with van der Waals surface area (Å²) < 4.78 is 10.5. The zero-order valence-corrected chi connectivity index (χ0v) is 9.89. The van der Waals surface area contributed by atoms with Crippen molar-refractivity contribution in [2.75, 3.05) is 0 Å². The Kier molecular flexibility index (Phi) is 3.61. The Morgan fingerprint density at radius 2 is 2.35 bits per heavy atom. The molecule has 1 heterocycles. The highest BCUT2D eigenvalue weighted by molar-refractivity contribution is 6.30. The molecule has 90 valence electrons. The van der Waals surface area contributed by atoms with Crippen LogP contribution < -0.4 is 4.74 Å². The predicted octanol–water partition coefficient (Wildman–Crippen LogP) is 2.36. The molecule has 1 aromatic carbocycles. The van der Waals surface area contributed by atoms with Gasteiger partial charge in [-0.05, 0) is 25.1 Å². The van der Waals surface area contributed by atoms with E-state index in [0.717, 1.165) is 0 Å². The average Bonchev–Trinajstić information content (AvgIpc) is 2.77. The first-order chi connectivity index (χ1) is 8.19. The first kappa shape index (κ1) is 11.9. The molecule has 1 unspecified atom stereocenters. The van der Waals surface area contributed by atoms with Crippen LogP contribution in [0.5, 0.6) is 5.75 Å². The first-order valence-corrected chi connectivity index (χ1v) is 5.42. The van der Waals surface area contributed by atoms with Crippen LogP contribution in [0.15, 0.2) is 28.8 Å². The molecule has 0 saturated heterocycles. The molecule has 6 heteroatoms. The van der Waals surface area contributed by atoms with Gasteiger partial charge in [0.2, 0.25) is 0 Å². The third-order valence-corrected chi connectivity index (χ3v) is 2.32. The molecule has 2 aromatic rings. The number of rotatable bonds is 4. The van der Waals surface area contributed by atoms with Crippen molar-refractivity contribution in [2.24, 2.45) is 0 Å². The summed E-state index contributed by atoms with van der Waals surface area (Å²) in [7, 11) is 0. The number of aromatic nitrogens is 2. The molecule has 0 aliphatic carbocycles. The summed E-state index contributed by atoms with van der Waals surface area (Å²) in [5, 5.41) is 13.0. The number of aliphatic hydroxyl groups is 1. The van der Waals surface area contributed by atoms with Gasteiger partial charge in [-0.1, -0.05) is 22.8 Å². The van der Waals surface area contributed by atoms with Crippen LogP contribution in [0.3, 0.4) is 0 Å². The number of hydrogen-bond donors (Lipinski definition) is 1. The molecule has 0 aliphatic rings. The molecule has 1 aromatic heterocycles. The fourth-order valence-corrected chi connectivity index (χ4v) is 1.47. The zero-order valence-electron chi connectivity index (χ0n) is 9.13. The molecule has 0 saturated carbocycles. The van der Waals surface area contributed by atoms with Gasteiger partial charge >= 0.3 is 0 Å². The maximum absolute atomic E-state index is 8.82. The van der Waals surface area contributed by atoms with Crippen molar-refractivity contribution in [3.63, 3.8) is 0 Å². The number of ether oxygens (including phenoxy) is 1. The van der Waals surface area contributed by atoms with Crippen LogP contribution in [0.25, 0.3) is 0 Å². The smallest absolute Gasteiger partial charge is 0.267 e. The Bertz CT molecular complexity index is 501. The van der Waals surface area contributed by atoms with Crippen LogP contribution in [-0.4, -0.2) is 15.2 Å². The van der Waals surface area contributed by atoms with E-state index in [2.05, 4.69) is 10.1 Å². The van der Waals surface area contributed by atoms with Crippen molar-refractivity contribution in [1.29, 1.82) is 0 Å². The maximum Gasteiger partial charge on any atom is 0.267 e. The van der Waals surface area contributed by atoms with Gasteiger partial charge in [-0.2, -0.15) is 4.98 Å². The highest BCUT2D eigenvalue weighted by atomic mass is 35.5. The van der Waals surface area contributed by atoms with E-state index < -0.39 is 6.10 Å². The molecule has 2 rings (SSSR count). The molecule has 0 spiro atoms. The minimum atomic E-state index is -0.402. The van der Waals surface area contributed by atoms with E-state index in [4.69, 9.17) is 26.0 Å². The van der Waals surface area contributed by atoms with Crippen LogP contribution in [0.1, 0.15) is 24.7 Å². The van der Waals surface area contributed by atoms with Gasteiger partial charge in [0, 0.05) is 5.02 Å². The zero-order chi connectivity index (χ0) is 12.3. The lowest BCUT2D eigenvalue weighted by atomic mass is 10.3. The standard InChI is InChI=1S/C11H11ClN2O3/c1-7(11-13-10(6-15)14-17-11)16-9-4-2-3-8(12)5-9/h2-5,7,15H,6H2,1H3. The minimum absolute atomic E-state index is 0.238. The Labute approximate surface area is 103 Å². The monoisotopic (exact) mass is 254 g/mol. The van der Waals surface area contributed by atoms with E-state index >= 15 is 0 Å². The molecular formula is C11H11ClN2O3. The largest absolute Gasteiger partial charge is 0.481 e. The van der Waals surface area contributed by atoms with Crippen LogP contribution in [-0.2, 0) is 6.61 Å².